The molecule has 0 atom stereocenters. The van der Waals surface area contributed by atoms with E-state index in [1.54, 1.807) is 25.1 Å². The van der Waals surface area contributed by atoms with Crippen molar-refractivity contribution in [2.75, 3.05) is 11.3 Å². The predicted octanol–water partition coefficient (Wildman–Crippen LogP) is 4.14. The lowest BCUT2D eigenvalue weighted by Gasteiger charge is -2.14. The maximum atomic E-state index is 12.7. The number of hydrogen-bond donors (Lipinski definition) is 2. The Labute approximate surface area is 159 Å². The third kappa shape index (κ3) is 4.99. The van der Waals surface area contributed by atoms with Crippen LogP contribution < -0.4 is 10.0 Å². The molecule has 0 aliphatic rings. The molecule has 0 heterocycles. The monoisotopic (exact) mass is 394 g/mol. The summed E-state index contributed by atoms with van der Waals surface area (Å²) in [4.78, 5) is 12.2. The van der Waals surface area contributed by atoms with Crippen molar-refractivity contribution in [3.8, 4) is 0 Å². The van der Waals surface area contributed by atoms with Gasteiger partial charge in [0.1, 0.15) is 0 Å². The van der Waals surface area contributed by atoms with E-state index in [1.807, 2.05) is 26.8 Å². The van der Waals surface area contributed by atoms with E-state index in [2.05, 4.69) is 10.0 Å². The van der Waals surface area contributed by atoms with Gasteiger partial charge in [-0.05, 0) is 55.2 Å². The molecule has 2 N–H and O–H groups in total. The van der Waals surface area contributed by atoms with Crippen LogP contribution in [0.5, 0.6) is 0 Å². The molecule has 2 aromatic carbocycles. The van der Waals surface area contributed by atoms with E-state index in [0.717, 1.165) is 11.1 Å². The van der Waals surface area contributed by atoms with Gasteiger partial charge in [0.05, 0.1) is 15.6 Å². The summed E-state index contributed by atoms with van der Waals surface area (Å²) in [5.41, 5.74) is 2.30. The lowest BCUT2D eigenvalue weighted by atomic mass is 10.1. The van der Waals surface area contributed by atoms with Crippen LogP contribution in [0.15, 0.2) is 41.3 Å². The van der Waals surface area contributed by atoms with Crippen molar-refractivity contribution in [3.63, 3.8) is 0 Å². The van der Waals surface area contributed by atoms with E-state index in [-0.39, 0.29) is 10.8 Å². The highest BCUT2D eigenvalue weighted by Crippen LogP contribution is 2.29. The zero-order valence-corrected chi connectivity index (χ0v) is 16.8. The van der Waals surface area contributed by atoms with E-state index in [4.69, 9.17) is 11.6 Å². The fourth-order valence-corrected chi connectivity index (χ4v) is 4.06. The molecule has 0 fully saturated rings. The quantitative estimate of drug-likeness (QED) is 0.772. The molecule has 0 unspecified atom stereocenters. The summed E-state index contributed by atoms with van der Waals surface area (Å²) in [5.74, 6) is -0.000477. The molecule has 0 aliphatic heterocycles. The van der Waals surface area contributed by atoms with Gasteiger partial charge in [0.2, 0.25) is 0 Å². The van der Waals surface area contributed by atoms with Gasteiger partial charge in [-0.2, -0.15) is 0 Å². The van der Waals surface area contributed by atoms with Crippen LogP contribution in [-0.2, 0) is 10.0 Å². The Balaban J connectivity index is 2.30. The van der Waals surface area contributed by atoms with Crippen LogP contribution in [0.4, 0.5) is 5.69 Å². The average molecular weight is 395 g/mol. The molecule has 2 rings (SSSR count). The molecule has 0 aliphatic carbocycles. The number of benzene rings is 2. The predicted molar refractivity (Wildman–Crippen MR) is 105 cm³/mol. The smallest absolute Gasteiger partial charge is 0.261 e. The Bertz CT molecular complexity index is 901. The summed E-state index contributed by atoms with van der Waals surface area (Å²) in [7, 11) is -3.87. The van der Waals surface area contributed by atoms with Gasteiger partial charge in [0.25, 0.3) is 15.9 Å². The van der Waals surface area contributed by atoms with Crippen molar-refractivity contribution in [2.24, 2.45) is 5.92 Å². The number of carbonyl (C=O) groups is 1. The van der Waals surface area contributed by atoms with Gasteiger partial charge in [-0.1, -0.05) is 37.6 Å². The molecule has 26 heavy (non-hydrogen) atoms. The Kier molecular flexibility index (Phi) is 6.31. The Hall–Kier alpha value is -2.05. The van der Waals surface area contributed by atoms with Crippen LogP contribution in [0.2, 0.25) is 5.02 Å². The molecular formula is C19H23ClN2O3S. The fraction of sp³-hybridized carbons (Fsp3) is 0.316. The van der Waals surface area contributed by atoms with E-state index >= 15 is 0 Å². The standard InChI is InChI=1S/C19H23ClN2O3S/c1-12(2)11-21-19(23)15-6-5-7-16(10-15)26(24,25)22-18-14(4)8-13(3)9-17(18)20/h5-10,12,22H,11H2,1-4H3,(H,21,23). The average Bonchev–Trinajstić information content (AvgIpc) is 2.56. The summed E-state index contributed by atoms with van der Waals surface area (Å²) in [6, 6.07) is 9.47. The molecular weight excluding hydrogens is 372 g/mol. The number of rotatable bonds is 6. The van der Waals surface area contributed by atoms with E-state index in [1.165, 1.54) is 12.1 Å². The molecule has 0 saturated heterocycles. The Morgan fingerprint density at radius 3 is 2.46 bits per heavy atom. The lowest BCUT2D eigenvalue weighted by molar-refractivity contribution is 0.0949. The SMILES string of the molecule is Cc1cc(C)c(NS(=O)(=O)c2cccc(C(=O)NCC(C)C)c2)c(Cl)c1. The minimum absolute atomic E-state index is 0.00531. The number of nitrogens with one attached hydrogen (secondary N) is 2. The van der Waals surface area contributed by atoms with Gasteiger partial charge < -0.3 is 5.32 Å². The molecule has 0 radical (unpaired) electrons. The summed E-state index contributed by atoms with van der Waals surface area (Å²) < 4.78 is 28.0. The second kappa shape index (κ2) is 8.10. The van der Waals surface area contributed by atoms with Gasteiger partial charge >= 0.3 is 0 Å². The van der Waals surface area contributed by atoms with E-state index < -0.39 is 10.0 Å². The fourth-order valence-electron chi connectivity index (χ4n) is 2.44. The lowest BCUT2D eigenvalue weighted by Crippen LogP contribution is -2.27. The summed E-state index contributed by atoms with van der Waals surface area (Å²) in [6.45, 7) is 8.16. The summed E-state index contributed by atoms with van der Waals surface area (Å²) in [5, 5.41) is 3.11. The van der Waals surface area contributed by atoms with Crippen LogP contribution in [0.3, 0.4) is 0 Å². The van der Waals surface area contributed by atoms with Gasteiger partial charge in [0.15, 0.2) is 0 Å². The van der Waals surface area contributed by atoms with Crippen LogP contribution in [0.25, 0.3) is 0 Å². The largest absolute Gasteiger partial charge is 0.352 e. The van der Waals surface area contributed by atoms with Gasteiger partial charge in [-0.25, -0.2) is 8.42 Å². The molecule has 0 bridgehead atoms. The molecule has 0 aromatic heterocycles. The summed E-state index contributed by atoms with van der Waals surface area (Å²) >= 11 is 6.19. The molecule has 0 saturated carbocycles. The van der Waals surface area contributed by atoms with Gasteiger partial charge in [0, 0.05) is 12.1 Å². The molecule has 0 spiro atoms. The number of anilines is 1. The topological polar surface area (TPSA) is 75.3 Å². The van der Waals surface area contributed by atoms with Crippen LogP contribution >= 0.6 is 11.6 Å². The molecule has 140 valence electrons. The number of amides is 1. The molecule has 7 heteroatoms. The molecule has 2 aromatic rings. The van der Waals surface area contributed by atoms with E-state index in [0.29, 0.717) is 28.7 Å². The number of sulfonamides is 1. The van der Waals surface area contributed by atoms with Crippen LogP contribution in [0.1, 0.15) is 35.3 Å². The van der Waals surface area contributed by atoms with Crippen LogP contribution in [-0.4, -0.2) is 20.9 Å². The highest BCUT2D eigenvalue weighted by atomic mass is 35.5. The van der Waals surface area contributed by atoms with E-state index in [9.17, 15) is 13.2 Å². The van der Waals surface area contributed by atoms with Gasteiger partial charge in [-0.3, -0.25) is 9.52 Å². The first kappa shape index (κ1) is 20.3. The Morgan fingerprint density at radius 1 is 1.15 bits per heavy atom. The van der Waals surface area contributed by atoms with Crippen molar-refractivity contribution in [2.45, 2.75) is 32.6 Å². The maximum Gasteiger partial charge on any atom is 0.261 e. The number of halogens is 1. The number of aryl methyl sites for hydroxylation is 2. The highest BCUT2D eigenvalue weighted by molar-refractivity contribution is 7.92. The first-order valence-corrected chi connectivity index (χ1v) is 10.1. The zero-order chi connectivity index (χ0) is 19.5. The first-order chi connectivity index (χ1) is 12.1. The maximum absolute atomic E-state index is 12.7. The minimum atomic E-state index is -3.87. The normalized spacial score (nSPS) is 11.5. The second-order valence-corrected chi connectivity index (χ2v) is 8.77. The second-order valence-electron chi connectivity index (χ2n) is 6.68. The van der Waals surface area contributed by atoms with Crippen molar-refractivity contribution in [3.05, 3.63) is 58.1 Å². The number of carbonyl (C=O) groups excluding carboxylic acids is 1. The first-order valence-electron chi connectivity index (χ1n) is 8.28. The minimum Gasteiger partial charge on any atom is -0.352 e. The molecule has 5 nitrogen and oxygen atoms in total. The van der Waals surface area contributed by atoms with Crippen molar-refractivity contribution in [1.29, 1.82) is 0 Å². The third-order valence-corrected chi connectivity index (χ3v) is 5.39. The van der Waals surface area contributed by atoms with Crippen LogP contribution in [0, 0.1) is 19.8 Å². The zero-order valence-electron chi connectivity index (χ0n) is 15.3. The van der Waals surface area contributed by atoms with Crippen molar-refractivity contribution in [1.82, 2.24) is 5.32 Å². The Morgan fingerprint density at radius 2 is 1.85 bits per heavy atom. The third-order valence-electron chi connectivity index (χ3n) is 3.75. The van der Waals surface area contributed by atoms with Crippen molar-refractivity contribution >= 4 is 33.2 Å². The van der Waals surface area contributed by atoms with Crippen molar-refractivity contribution < 1.29 is 13.2 Å². The van der Waals surface area contributed by atoms with Gasteiger partial charge in [-0.15, -0.1) is 0 Å². The summed E-state index contributed by atoms with van der Waals surface area (Å²) in [6.07, 6.45) is 0. The number of hydrogen-bond acceptors (Lipinski definition) is 3. The molecule has 1 amide bonds. The highest BCUT2D eigenvalue weighted by Gasteiger charge is 2.19.